The molecule has 1 unspecified atom stereocenters. The summed E-state index contributed by atoms with van der Waals surface area (Å²) in [7, 11) is 0. The molecule has 0 amide bonds. The van der Waals surface area contributed by atoms with Crippen LogP contribution in [-0.2, 0) is 4.79 Å². The van der Waals surface area contributed by atoms with Crippen LogP contribution in [0.1, 0.15) is 24.4 Å². The summed E-state index contributed by atoms with van der Waals surface area (Å²) in [5.74, 6) is -0.270. The molecule has 1 aromatic rings. The lowest BCUT2D eigenvalue weighted by Crippen LogP contribution is -2.30. The Kier molecular flexibility index (Phi) is 4.07. The van der Waals surface area contributed by atoms with Gasteiger partial charge in [0.05, 0.1) is 0 Å². The van der Waals surface area contributed by atoms with Crippen molar-refractivity contribution in [2.24, 2.45) is 5.92 Å². The molecule has 1 aliphatic carbocycles. The first-order valence-corrected chi connectivity index (χ1v) is 6.66. The van der Waals surface area contributed by atoms with Crippen molar-refractivity contribution >= 4 is 33.5 Å². The highest BCUT2D eigenvalue weighted by Crippen LogP contribution is 2.30. The van der Waals surface area contributed by atoms with Crippen LogP contribution in [0, 0.1) is 5.92 Å². The summed E-state index contributed by atoms with van der Waals surface area (Å²) in [5, 5.41) is 12.8. The normalized spacial score (nSPS) is 16.8. The lowest BCUT2D eigenvalue weighted by atomic mass is 10.1. The third-order valence-corrected chi connectivity index (χ3v) is 3.66. The predicted octanol–water partition coefficient (Wildman–Crippen LogP) is 3.23. The van der Waals surface area contributed by atoms with Crippen LogP contribution in [0.3, 0.4) is 0 Å². The Morgan fingerprint density at radius 2 is 2.29 bits per heavy atom. The topological polar surface area (TPSA) is 49.3 Å². The Hall–Kier alpha value is -0.580. The van der Waals surface area contributed by atoms with Gasteiger partial charge in [-0.3, -0.25) is 4.79 Å². The molecular formula is C12H13BrClNO2. The maximum absolute atomic E-state index is 11.3. The van der Waals surface area contributed by atoms with E-state index in [4.69, 9.17) is 11.6 Å². The molecule has 0 saturated heterocycles. The molecule has 2 N–H and O–H groups in total. The minimum atomic E-state index is -0.898. The van der Waals surface area contributed by atoms with E-state index in [1.54, 1.807) is 18.2 Å². The summed E-state index contributed by atoms with van der Waals surface area (Å²) in [6.45, 7) is 0.736. The summed E-state index contributed by atoms with van der Waals surface area (Å²) < 4.78 is 0.830. The first-order chi connectivity index (χ1) is 8.08. The molecule has 0 radical (unpaired) electrons. The molecule has 0 bridgehead atoms. The van der Waals surface area contributed by atoms with Gasteiger partial charge in [0, 0.05) is 9.50 Å². The van der Waals surface area contributed by atoms with Crippen LogP contribution in [0.2, 0.25) is 5.02 Å². The van der Waals surface area contributed by atoms with E-state index in [-0.39, 0.29) is 0 Å². The molecule has 1 aliphatic rings. The number of rotatable bonds is 5. The number of hydrogen-bond acceptors (Lipinski definition) is 2. The standard InChI is InChI=1S/C12H13BrClNO2/c13-8-3-4-10(14)9(5-8)11(12(16)17)15-6-7-1-2-7/h3-5,7,11,15H,1-2,6H2,(H,16,17). The average Bonchev–Trinajstić information content (AvgIpc) is 3.06. The highest BCUT2D eigenvalue weighted by molar-refractivity contribution is 9.10. The molecule has 1 atom stereocenters. The summed E-state index contributed by atoms with van der Waals surface area (Å²) >= 11 is 9.37. The van der Waals surface area contributed by atoms with E-state index >= 15 is 0 Å². The Morgan fingerprint density at radius 1 is 1.59 bits per heavy atom. The molecule has 0 aliphatic heterocycles. The third kappa shape index (κ3) is 3.44. The zero-order chi connectivity index (χ0) is 12.4. The SMILES string of the molecule is O=C(O)C(NCC1CC1)c1cc(Br)ccc1Cl. The average molecular weight is 319 g/mol. The molecule has 92 valence electrons. The largest absolute Gasteiger partial charge is 0.480 e. The second-order valence-corrected chi connectivity index (χ2v) is 5.61. The van der Waals surface area contributed by atoms with E-state index in [1.165, 1.54) is 12.8 Å². The number of halogens is 2. The fourth-order valence-electron chi connectivity index (χ4n) is 1.67. The molecule has 3 nitrogen and oxygen atoms in total. The number of carbonyl (C=O) groups is 1. The monoisotopic (exact) mass is 317 g/mol. The zero-order valence-corrected chi connectivity index (χ0v) is 11.5. The van der Waals surface area contributed by atoms with Gasteiger partial charge in [0.15, 0.2) is 0 Å². The number of hydrogen-bond donors (Lipinski definition) is 2. The van der Waals surface area contributed by atoms with E-state index < -0.39 is 12.0 Å². The van der Waals surface area contributed by atoms with Gasteiger partial charge in [0.2, 0.25) is 0 Å². The maximum Gasteiger partial charge on any atom is 0.325 e. The zero-order valence-electron chi connectivity index (χ0n) is 9.12. The van der Waals surface area contributed by atoms with Crippen LogP contribution in [0.25, 0.3) is 0 Å². The van der Waals surface area contributed by atoms with Crippen molar-refractivity contribution in [1.82, 2.24) is 5.32 Å². The molecular weight excluding hydrogens is 305 g/mol. The van der Waals surface area contributed by atoms with Gasteiger partial charge < -0.3 is 10.4 Å². The van der Waals surface area contributed by atoms with Gasteiger partial charge in [-0.15, -0.1) is 0 Å². The Bertz CT molecular complexity index is 435. The van der Waals surface area contributed by atoms with E-state index in [2.05, 4.69) is 21.2 Å². The number of carboxylic acids is 1. The van der Waals surface area contributed by atoms with Crippen LogP contribution in [0.15, 0.2) is 22.7 Å². The van der Waals surface area contributed by atoms with Crippen LogP contribution in [0.4, 0.5) is 0 Å². The molecule has 5 heteroatoms. The predicted molar refractivity (Wildman–Crippen MR) is 70.3 cm³/mol. The number of carboxylic acid groups (broad SMARTS) is 1. The highest BCUT2D eigenvalue weighted by atomic mass is 79.9. The van der Waals surface area contributed by atoms with Gasteiger partial charge in [-0.1, -0.05) is 27.5 Å². The third-order valence-electron chi connectivity index (χ3n) is 2.82. The van der Waals surface area contributed by atoms with Crippen molar-refractivity contribution in [3.8, 4) is 0 Å². The van der Waals surface area contributed by atoms with E-state index in [9.17, 15) is 9.90 Å². The van der Waals surface area contributed by atoms with Gasteiger partial charge >= 0.3 is 5.97 Å². The van der Waals surface area contributed by atoms with E-state index in [1.807, 2.05) is 0 Å². The molecule has 1 aromatic carbocycles. The minimum absolute atomic E-state index is 0.476. The van der Waals surface area contributed by atoms with Gasteiger partial charge in [-0.25, -0.2) is 0 Å². The molecule has 0 aromatic heterocycles. The van der Waals surface area contributed by atoms with Gasteiger partial charge in [0.25, 0.3) is 0 Å². The van der Waals surface area contributed by atoms with Gasteiger partial charge in [-0.05, 0) is 49.1 Å². The molecule has 17 heavy (non-hydrogen) atoms. The number of aliphatic carboxylic acids is 1. The van der Waals surface area contributed by atoms with Crippen LogP contribution in [0.5, 0.6) is 0 Å². The Balaban J connectivity index is 2.17. The summed E-state index contributed by atoms with van der Waals surface area (Å²) in [4.78, 5) is 11.3. The minimum Gasteiger partial charge on any atom is -0.480 e. The fourth-order valence-corrected chi connectivity index (χ4v) is 2.28. The quantitative estimate of drug-likeness (QED) is 0.876. The van der Waals surface area contributed by atoms with Crippen LogP contribution >= 0.6 is 27.5 Å². The molecule has 0 spiro atoms. The van der Waals surface area contributed by atoms with Crippen molar-refractivity contribution in [3.63, 3.8) is 0 Å². The second kappa shape index (κ2) is 5.38. The Labute approximate surface area is 113 Å². The highest BCUT2D eigenvalue weighted by Gasteiger charge is 2.27. The number of benzene rings is 1. The molecule has 2 rings (SSSR count). The summed E-state index contributed by atoms with van der Waals surface area (Å²) in [6, 6.07) is 4.52. The first-order valence-electron chi connectivity index (χ1n) is 5.49. The lowest BCUT2D eigenvalue weighted by Gasteiger charge is -2.16. The molecule has 0 heterocycles. The molecule has 1 fully saturated rings. The first kappa shape index (κ1) is 12.9. The molecule has 1 saturated carbocycles. The van der Waals surface area contributed by atoms with E-state index in [0.717, 1.165) is 11.0 Å². The van der Waals surface area contributed by atoms with Crippen LogP contribution in [-0.4, -0.2) is 17.6 Å². The van der Waals surface area contributed by atoms with Crippen molar-refractivity contribution in [1.29, 1.82) is 0 Å². The van der Waals surface area contributed by atoms with Crippen molar-refractivity contribution < 1.29 is 9.90 Å². The van der Waals surface area contributed by atoms with Crippen molar-refractivity contribution in [2.75, 3.05) is 6.54 Å². The summed E-state index contributed by atoms with van der Waals surface area (Å²) in [6.07, 6.45) is 2.37. The van der Waals surface area contributed by atoms with Crippen molar-refractivity contribution in [2.45, 2.75) is 18.9 Å². The maximum atomic E-state index is 11.3. The lowest BCUT2D eigenvalue weighted by molar-refractivity contribution is -0.139. The smallest absolute Gasteiger partial charge is 0.325 e. The Morgan fingerprint density at radius 3 is 2.88 bits per heavy atom. The van der Waals surface area contributed by atoms with E-state index in [0.29, 0.717) is 16.5 Å². The fraction of sp³-hybridized carbons (Fsp3) is 0.417. The number of nitrogens with one attached hydrogen (secondary N) is 1. The summed E-state index contributed by atoms with van der Waals surface area (Å²) in [5.41, 5.74) is 0.606. The van der Waals surface area contributed by atoms with Gasteiger partial charge in [-0.2, -0.15) is 0 Å². The van der Waals surface area contributed by atoms with Crippen LogP contribution < -0.4 is 5.32 Å². The van der Waals surface area contributed by atoms with Crippen molar-refractivity contribution in [3.05, 3.63) is 33.3 Å². The van der Waals surface area contributed by atoms with Gasteiger partial charge in [0.1, 0.15) is 6.04 Å². The second-order valence-electron chi connectivity index (χ2n) is 4.29.